The Morgan fingerprint density at radius 1 is 1.40 bits per heavy atom. The molecular formula is C11H21NO3. The van der Waals surface area contributed by atoms with Crippen molar-refractivity contribution >= 4 is 0 Å². The summed E-state index contributed by atoms with van der Waals surface area (Å²) in [5, 5.41) is 20.3. The maximum atomic E-state index is 10.7. The molecule has 88 valence electrons. The van der Waals surface area contributed by atoms with Gasteiger partial charge in [-0.2, -0.15) is 0 Å². The van der Waals surface area contributed by atoms with E-state index in [9.17, 15) is 10.2 Å². The normalized spacial score (nSPS) is 43.4. The van der Waals surface area contributed by atoms with Gasteiger partial charge in [-0.05, 0) is 26.3 Å². The molecular weight excluding hydrogens is 194 g/mol. The predicted molar refractivity (Wildman–Crippen MR) is 56.6 cm³/mol. The number of aliphatic hydroxyl groups is 2. The number of nitrogens with zero attached hydrogens (tertiary/aromatic N) is 1. The standard InChI is InChI=1S/C11H21NO3/c1-12-5-4-11(14,7-12)10(8-13)3-2-6-15-9-10/h13-14H,2-9H2,1H3. The highest BCUT2D eigenvalue weighted by molar-refractivity contribution is 5.04. The van der Waals surface area contributed by atoms with Gasteiger partial charge in [-0.15, -0.1) is 0 Å². The van der Waals surface area contributed by atoms with Crippen LogP contribution in [-0.4, -0.2) is 60.7 Å². The largest absolute Gasteiger partial charge is 0.396 e. The lowest BCUT2D eigenvalue weighted by molar-refractivity contribution is -0.160. The Morgan fingerprint density at radius 3 is 2.67 bits per heavy atom. The lowest BCUT2D eigenvalue weighted by Crippen LogP contribution is -2.56. The second-order valence-corrected chi connectivity index (χ2v) is 5.11. The molecule has 0 radical (unpaired) electrons. The third kappa shape index (κ3) is 1.80. The molecule has 0 aromatic carbocycles. The molecule has 2 aliphatic heterocycles. The van der Waals surface area contributed by atoms with Crippen molar-refractivity contribution in [1.29, 1.82) is 0 Å². The fourth-order valence-electron chi connectivity index (χ4n) is 2.90. The van der Waals surface area contributed by atoms with E-state index in [-0.39, 0.29) is 6.61 Å². The molecule has 0 aromatic rings. The van der Waals surface area contributed by atoms with Crippen LogP contribution in [0.3, 0.4) is 0 Å². The monoisotopic (exact) mass is 215 g/mol. The first-order valence-corrected chi connectivity index (χ1v) is 5.71. The SMILES string of the molecule is CN1CCC(O)(C2(CO)CCCOC2)C1. The molecule has 15 heavy (non-hydrogen) atoms. The fraction of sp³-hybridized carbons (Fsp3) is 1.00. The summed E-state index contributed by atoms with van der Waals surface area (Å²) in [4.78, 5) is 2.12. The summed E-state index contributed by atoms with van der Waals surface area (Å²) < 4.78 is 5.45. The highest BCUT2D eigenvalue weighted by Gasteiger charge is 2.53. The number of aliphatic hydroxyl groups excluding tert-OH is 1. The summed E-state index contributed by atoms with van der Waals surface area (Å²) in [6.45, 7) is 2.83. The number of hydrogen-bond acceptors (Lipinski definition) is 4. The number of likely N-dealkylation sites (tertiary alicyclic amines) is 1. The van der Waals surface area contributed by atoms with Crippen molar-refractivity contribution in [3.8, 4) is 0 Å². The van der Waals surface area contributed by atoms with E-state index in [1.54, 1.807) is 0 Å². The zero-order valence-electron chi connectivity index (χ0n) is 9.41. The number of ether oxygens (including phenoxy) is 1. The van der Waals surface area contributed by atoms with Gasteiger partial charge >= 0.3 is 0 Å². The molecule has 0 aromatic heterocycles. The van der Waals surface area contributed by atoms with Gasteiger partial charge < -0.3 is 19.8 Å². The number of rotatable bonds is 2. The predicted octanol–water partition coefficient (Wildman–Crippen LogP) is -0.158. The van der Waals surface area contributed by atoms with Gasteiger partial charge in [0.25, 0.3) is 0 Å². The van der Waals surface area contributed by atoms with Gasteiger partial charge in [0.2, 0.25) is 0 Å². The fourth-order valence-corrected chi connectivity index (χ4v) is 2.90. The van der Waals surface area contributed by atoms with Gasteiger partial charge in [-0.25, -0.2) is 0 Å². The van der Waals surface area contributed by atoms with E-state index < -0.39 is 11.0 Å². The third-order valence-electron chi connectivity index (χ3n) is 4.05. The van der Waals surface area contributed by atoms with E-state index in [4.69, 9.17) is 4.74 Å². The first-order valence-electron chi connectivity index (χ1n) is 5.71. The molecule has 2 rings (SSSR count). The van der Waals surface area contributed by atoms with Crippen LogP contribution < -0.4 is 0 Å². The van der Waals surface area contributed by atoms with E-state index in [0.29, 0.717) is 13.2 Å². The van der Waals surface area contributed by atoms with E-state index in [0.717, 1.165) is 32.4 Å². The van der Waals surface area contributed by atoms with Crippen LogP contribution in [0.5, 0.6) is 0 Å². The van der Waals surface area contributed by atoms with E-state index >= 15 is 0 Å². The Bertz CT molecular complexity index is 228. The Balaban J connectivity index is 2.17. The van der Waals surface area contributed by atoms with Crippen molar-refractivity contribution < 1.29 is 14.9 Å². The number of hydrogen-bond donors (Lipinski definition) is 2. The van der Waals surface area contributed by atoms with Crippen LogP contribution in [0.2, 0.25) is 0 Å². The Labute approximate surface area is 90.8 Å². The molecule has 2 atom stereocenters. The zero-order chi connectivity index (χ0) is 10.9. The molecule has 0 aliphatic carbocycles. The Kier molecular flexibility index (Phi) is 3.03. The van der Waals surface area contributed by atoms with E-state index in [2.05, 4.69) is 4.90 Å². The minimum Gasteiger partial charge on any atom is -0.396 e. The summed E-state index contributed by atoms with van der Waals surface area (Å²) in [7, 11) is 2.01. The number of β-amino-alcohol motifs (C(OH)–C–C–N with tert-alkyl or cyclic N) is 1. The van der Waals surface area contributed by atoms with Crippen LogP contribution >= 0.6 is 0 Å². The smallest absolute Gasteiger partial charge is 0.0886 e. The molecule has 2 aliphatic rings. The van der Waals surface area contributed by atoms with Crippen molar-refractivity contribution in [1.82, 2.24) is 4.90 Å². The molecule has 4 nitrogen and oxygen atoms in total. The van der Waals surface area contributed by atoms with Crippen LogP contribution in [0.15, 0.2) is 0 Å². The quantitative estimate of drug-likeness (QED) is 0.672. The van der Waals surface area contributed by atoms with Crippen LogP contribution in [0, 0.1) is 5.41 Å². The maximum Gasteiger partial charge on any atom is 0.0886 e. The summed E-state index contributed by atoms with van der Waals surface area (Å²) in [6.07, 6.45) is 2.55. The van der Waals surface area contributed by atoms with Crippen LogP contribution in [0.25, 0.3) is 0 Å². The van der Waals surface area contributed by atoms with Crippen molar-refractivity contribution in [3.05, 3.63) is 0 Å². The molecule has 0 spiro atoms. The zero-order valence-corrected chi connectivity index (χ0v) is 9.41. The lowest BCUT2D eigenvalue weighted by Gasteiger charge is -2.46. The first-order chi connectivity index (χ1) is 7.12. The molecule has 4 heteroatoms. The molecule has 2 fully saturated rings. The summed E-state index contributed by atoms with van der Waals surface area (Å²) in [6, 6.07) is 0. The number of likely N-dealkylation sites (N-methyl/N-ethyl adjacent to an activating group) is 1. The summed E-state index contributed by atoms with van der Waals surface area (Å²) in [5.41, 5.74) is -1.20. The van der Waals surface area contributed by atoms with Gasteiger partial charge in [-0.1, -0.05) is 0 Å². The van der Waals surface area contributed by atoms with Crippen LogP contribution in [0.4, 0.5) is 0 Å². The molecule has 2 unspecified atom stereocenters. The molecule has 2 N–H and O–H groups in total. The van der Waals surface area contributed by atoms with Gasteiger partial charge in [0, 0.05) is 25.1 Å². The summed E-state index contributed by atoms with van der Waals surface area (Å²) >= 11 is 0. The first kappa shape index (κ1) is 11.3. The van der Waals surface area contributed by atoms with Crippen LogP contribution in [0.1, 0.15) is 19.3 Å². The molecule has 2 heterocycles. The van der Waals surface area contributed by atoms with Crippen molar-refractivity contribution in [3.63, 3.8) is 0 Å². The highest BCUT2D eigenvalue weighted by atomic mass is 16.5. The van der Waals surface area contributed by atoms with Crippen LogP contribution in [-0.2, 0) is 4.74 Å². The Hall–Kier alpha value is -0.160. The second kappa shape index (κ2) is 4.01. The van der Waals surface area contributed by atoms with Crippen molar-refractivity contribution in [2.45, 2.75) is 24.9 Å². The minimum absolute atomic E-state index is 0.0251. The van der Waals surface area contributed by atoms with Gasteiger partial charge in [-0.3, -0.25) is 0 Å². The highest BCUT2D eigenvalue weighted by Crippen LogP contribution is 2.43. The topological polar surface area (TPSA) is 52.9 Å². The average Bonchev–Trinajstić information content (AvgIpc) is 2.61. The lowest BCUT2D eigenvalue weighted by atomic mass is 9.68. The van der Waals surface area contributed by atoms with Crippen molar-refractivity contribution in [2.75, 3.05) is 40.0 Å². The summed E-state index contributed by atoms with van der Waals surface area (Å²) in [5.74, 6) is 0. The van der Waals surface area contributed by atoms with Gasteiger partial charge in [0.05, 0.1) is 18.8 Å². The molecule has 0 amide bonds. The van der Waals surface area contributed by atoms with E-state index in [1.807, 2.05) is 7.05 Å². The van der Waals surface area contributed by atoms with Crippen molar-refractivity contribution in [2.24, 2.45) is 5.41 Å². The minimum atomic E-state index is -0.767. The molecule has 0 bridgehead atoms. The molecule has 0 saturated carbocycles. The third-order valence-corrected chi connectivity index (χ3v) is 4.05. The van der Waals surface area contributed by atoms with Gasteiger partial charge in [0.15, 0.2) is 0 Å². The maximum absolute atomic E-state index is 10.7. The van der Waals surface area contributed by atoms with Gasteiger partial charge in [0.1, 0.15) is 0 Å². The Morgan fingerprint density at radius 2 is 2.20 bits per heavy atom. The molecule has 2 saturated heterocycles. The van der Waals surface area contributed by atoms with E-state index in [1.165, 1.54) is 0 Å². The average molecular weight is 215 g/mol. The second-order valence-electron chi connectivity index (χ2n) is 5.11.